The summed E-state index contributed by atoms with van der Waals surface area (Å²) in [6.07, 6.45) is 11.7. The number of aliphatic hydroxyl groups is 1. The van der Waals surface area contributed by atoms with Gasteiger partial charge in [0.05, 0.1) is 6.10 Å². The average Bonchev–Trinajstić information content (AvgIpc) is 2.99. The van der Waals surface area contributed by atoms with E-state index in [4.69, 9.17) is 0 Å². The van der Waals surface area contributed by atoms with E-state index in [0.29, 0.717) is 23.8 Å². The van der Waals surface area contributed by atoms with Crippen LogP contribution in [0.5, 0.6) is 0 Å². The van der Waals surface area contributed by atoms with Crippen molar-refractivity contribution in [3.63, 3.8) is 0 Å². The molecule has 1 saturated heterocycles. The minimum Gasteiger partial charge on any atom is -0.393 e. The van der Waals surface area contributed by atoms with Gasteiger partial charge in [-0.1, -0.05) is 19.3 Å². The summed E-state index contributed by atoms with van der Waals surface area (Å²) in [5.41, 5.74) is 0. The van der Waals surface area contributed by atoms with Gasteiger partial charge in [0.25, 0.3) is 0 Å². The average molecular weight is 291 g/mol. The molecule has 0 bridgehead atoms. The zero-order valence-corrected chi connectivity index (χ0v) is 13.0. The highest BCUT2D eigenvalue weighted by Crippen LogP contribution is 2.58. The fraction of sp³-hybridized carbons (Fsp3) is 0.944. The Morgan fingerprint density at radius 3 is 2.24 bits per heavy atom. The molecule has 0 radical (unpaired) electrons. The Balaban J connectivity index is 1.47. The Bertz CT molecular complexity index is 400. The van der Waals surface area contributed by atoms with E-state index in [9.17, 15) is 9.90 Å². The van der Waals surface area contributed by atoms with Gasteiger partial charge in [0, 0.05) is 24.4 Å². The standard InChI is InChI=1S/C18H29NO2/c20-16-10-2-1-6-14(16)15-9-3-4-11-19(15)18(21)17-12-7-5-8-13(12)17/h12-17,20H,1-11H2. The molecule has 21 heavy (non-hydrogen) atoms. The molecular formula is C18H29NO2. The van der Waals surface area contributed by atoms with Crippen molar-refractivity contribution in [3.05, 3.63) is 0 Å². The van der Waals surface area contributed by atoms with Crippen LogP contribution in [0.3, 0.4) is 0 Å². The highest BCUT2D eigenvalue weighted by atomic mass is 16.3. The number of carbonyl (C=O) groups is 1. The van der Waals surface area contributed by atoms with Crippen molar-refractivity contribution in [2.24, 2.45) is 23.7 Å². The monoisotopic (exact) mass is 291 g/mol. The first-order valence-electron chi connectivity index (χ1n) is 9.26. The number of amides is 1. The highest BCUT2D eigenvalue weighted by molar-refractivity contribution is 5.83. The van der Waals surface area contributed by atoms with Crippen LogP contribution < -0.4 is 0 Å². The number of fused-ring (bicyclic) bond motifs is 1. The summed E-state index contributed by atoms with van der Waals surface area (Å²) in [5, 5.41) is 10.4. The van der Waals surface area contributed by atoms with E-state index in [1.807, 2.05) is 0 Å². The van der Waals surface area contributed by atoms with Crippen LogP contribution in [-0.2, 0) is 4.79 Å². The molecule has 3 nitrogen and oxygen atoms in total. The third-order valence-corrected chi connectivity index (χ3v) is 6.80. The Morgan fingerprint density at radius 2 is 1.48 bits per heavy atom. The molecule has 1 aliphatic heterocycles. The molecule has 5 atom stereocenters. The molecule has 1 heterocycles. The van der Waals surface area contributed by atoms with Gasteiger partial charge in [-0.25, -0.2) is 0 Å². The summed E-state index contributed by atoms with van der Waals surface area (Å²) in [6, 6.07) is 0.336. The molecule has 4 rings (SSSR count). The summed E-state index contributed by atoms with van der Waals surface area (Å²) in [7, 11) is 0. The molecule has 3 heteroatoms. The second-order valence-electron chi connectivity index (χ2n) is 7.89. The van der Waals surface area contributed by atoms with E-state index < -0.39 is 0 Å². The quantitative estimate of drug-likeness (QED) is 0.849. The SMILES string of the molecule is O=C(C1C2CCCC21)N1CCCCC1C1CCCCC1O. The van der Waals surface area contributed by atoms with Crippen molar-refractivity contribution < 1.29 is 9.90 Å². The molecule has 0 aromatic rings. The van der Waals surface area contributed by atoms with Crippen molar-refractivity contribution >= 4 is 5.91 Å². The minimum atomic E-state index is -0.171. The zero-order chi connectivity index (χ0) is 14.4. The van der Waals surface area contributed by atoms with Crippen LogP contribution in [-0.4, -0.2) is 34.6 Å². The fourth-order valence-corrected chi connectivity index (χ4v) is 5.64. The normalized spacial score (nSPS) is 46.2. The van der Waals surface area contributed by atoms with Gasteiger partial charge in [0.2, 0.25) is 5.91 Å². The molecule has 3 saturated carbocycles. The van der Waals surface area contributed by atoms with Crippen molar-refractivity contribution in [3.8, 4) is 0 Å². The Hall–Kier alpha value is -0.570. The molecule has 0 aromatic carbocycles. The van der Waals surface area contributed by atoms with E-state index in [0.717, 1.165) is 50.5 Å². The summed E-state index contributed by atoms with van der Waals surface area (Å²) >= 11 is 0. The van der Waals surface area contributed by atoms with E-state index in [1.54, 1.807) is 0 Å². The molecule has 1 amide bonds. The lowest BCUT2D eigenvalue weighted by molar-refractivity contribution is -0.140. The molecule has 0 aromatic heterocycles. The van der Waals surface area contributed by atoms with Gasteiger partial charge in [-0.15, -0.1) is 0 Å². The number of hydrogen-bond donors (Lipinski definition) is 1. The van der Waals surface area contributed by atoms with Gasteiger partial charge >= 0.3 is 0 Å². The van der Waals surface area contributed by atoms with Gasteiger partial charge < -0.3 is 10.0 Å². The molecule has 3 aliphatic carbocycles. The first-order valence-corrected chi connectivity index (χ1v) is 9.26. The molecule has 5 unspecified atom stereocenters. The Labute approximate surface area is 128 Å². The lowest BCUT2D eigenvalue weighted by Gasteiger charge is -2.44. The van der Waals surface area contributed by atoms with Crippen LogP contribution >= 0.6 is 0 Å². The third kappa shape index (κ3) is 2.42. The maximum Gasteiger partial charge on any atom is 0.226 e. The molecule has 4 aliphatic rings. The summed E-state index contributed by atoms with van der Waals surface area (Å²) in [6.45, 7) is 0.947. The van der Waals surface area contributed by atoms with Gasteiger partial charge in [0.15, 0.2) is 0 Å². The van der Waals surface area contributed by atoms with Crippen LogP contribution in [0.4, 0.5) is 0 Å². The summed E-state index contributed by atoms with van der Waals surface area (Å²) in [4.78, 5) is 15.2. The van der Waals surface area contributed by atoms with Crippen LogP contribution in [0, 0.1) is 23.7 Å². The number of nitrogens with zero attached hydrogens (tertiary/aromatic N) is 1. The number of piperidine rings is 1. The predicted molar refractivity (Wildman–Crippen MR) is 81.6 cm³/mol. The minimum absolute atomic E-state index is 0.171. The third-order valence-electron chi connectivity index (χ3n) is 6.80. The van der Waals surface area contributed by atoms with E-state index in [1.165, 1.54) is 32.1 Å². The highest BCUT2D eigenvalue weighted by Gasteiger charge is 2.58. The Kier molecular flexibility index (Phi) is 3.72. The number of carbonyl (C=O) groups excluding carboxylic acids is 1. The van der Waals surface area contributed by atoms with Gasteiger partial charge in [-0.3, -0.25) is 4.79 Å². The van der Waals surface area contributed by atoms with Crippen LogP contribution in [0.25, 0.3) is 0 Å². The van der Waals surface area contributed by atoms with Crippen molar-refractivity contribution in [1.29, 1.82) is 0 Å². The maximum absolute atomic E-state index is 13.0. The zero-order valence-electron chi connectivity index (χ0n) is 13.0. The molecule has 0 spiro atoms. The van der Waals surface area contributed by atoms with Gasteiger partial charge in [-0.05, 0) is 56.8 Å². The van der Waals surface area contributed by atoms with Crippen molar-refractivity contribution in [1.82, 2.24) is 4.90 Å². The number of likely N-dealkylation sites (tertiary alicyclic amines) is 1. The van der Waals surface area contributed by atoms with E-state index >= 15 is 0 Å². The van der Waals surface area contributed by atoms with Crippen LogP contribution in [0.2, 0.25) is 0 Å². The smallest absolute Gasteiger partial charge is 0.226 e. The van der Waals surface area contributed by atoms with Gasteiger partial charge in [0.1, 0.15) is 0 Å². The van der Waals surface area contributed by atoms with Crippen molar-refractivity contribution in [2.75, 3.05) is 6.54 Å². The topological polar surface area (TPSA) is 40.5 Å². The van der Waals surface area contributed by atoms with E-state index in [-0.39, 0.29) is 6.10 Å². The summed E-state index contributed by atoms with van der Waals surface area (Å²) < 4.78 is 0. The first kappa shape index (κ1) is 14.0. The van der Waals surface area contributed by atoms with Crippen molar-refractivity contribution in [2.45, 2.75) is 76.4 Å². The van der Waals surface area contributed by atoms with Crippen LogP contribution in [0.15, 0.2) is 0 Å². The predicted octanol–water partition coefficient (Wildman–Crippen LogP) is 2.96. The fourth-order valence-electron chi connectivity index (χ4n) is 5.64. The summed E-state index contributed by atoms with van der Waals surface area (Å²) in [5.74, 6) is 2.60. The molecule has 4 fully saturated rings. The number of hydrogen-bond acceptors (Lipinski definition) is 2. The number of rotatable bonds is 2. The van der Waals surface area contributed by atoms with Crippen LogP contribution in [0.1, 0.15) is 64.2 Å². The van der Waals surface area contributed by atoms with Gasteiger partial charge in [-0.2, -0.15) is 0 Å². The molecule has 1 N–H and O–H groups in total. The largest absolute Gasteiger partial charge is 0.393 e. The number of aliphatic hydroxyl groups excluding tert-OH is 1. The maximum atomic E-state index is 13.0. The first-order chi connectivity index (χ1) is 10.3. The van der Waals surface area contributed by atoms with E-state index in [2.05, 4.69) is 4.90 Å². The lowest BCUT2D eigenvalue weighted by atomic mass is 9.78. The second-order valence-corrected chi connectivity index (χ2v) is 7.89. The Morgan fingerprint density at radius 1 is 0.810 bits per heavy atom. The molecular weight excluding hydrogens is 262 g/mol. The molecule has 118 valence electrons. The lowest BCUT2D eigenvalue weighted by Crippen LogP contribution is -2.52. The second kappa shape index (κ2) is 5.57.